The van der Waals surface area contributed by atoms with E-state index in [0.717, 1.165) is 37.4 Å². The summed E-state index contributed by atoms with van der Waals surface area (Å²) in [7, 11) is 1.67. The summed E-state index contributed by atoms with van der Waals surface area (Å²) in [6, 6.07) is 7.77. The van der Waals surface area contributed by atoms with Gasteiger partial charge in [-0.15, -0.1) is 12.4 Å². The highest BCUT2D eigenvalue weighted by Gasteiger charge is 2.13. The molecule has 1 aliphatic heterocycles. The molecule has 1 N–H and O–H groups in total. The lowest BCUT2D eigenvalue weighted by Gasteiger charge is -2.23. The van der Waals surface area contributed by atoms with Crippen LogP contribution in [0.2, 0.25) is 0 Å². The highest BCUT2D eigenvalue weighted by atomic mass is 35.5. The third-order valence-corrected chi connectivity index (χ3v) is 2.65. The number of halogens is 1. The van der Waals surface area contributed by atoms with Gasteiger partial charge in [0, 0.05) is 0 Å². The molecule has 1 aromatic carbocycles. The predicted octanol–water partition coefficient (Wildman–Crippen LogP) is 2.25. The van der Waals surface area contributed by atoms with Gasteiger partial charge in [0.05, 0.1) is 7.11 Å². The number of hydrogen-bond acceptors (Lipinski definition) is 3. The number of hydrogen-bond donors (Lipinski definition) is 1. The average Bonchev–Trinajstić information content (AvgIpc) is 2.31. The number of nitrogens with one attached hydrogen (secondary N) is 1. The van der Waals surface area contributed by atoms with E-state index in [-0.39, 0.29) is 12.4 Å². The summed E-state index contributed by atoms with van der Waals surface area (Å²) in [5, 5.41) is 3.32. The maximum atomic E-state index is 5.86. The molecule has 0 aromatic heterocycles. The summed E-state index contributed by atoms with van der Waals surface area (Å²) in [5.41, 5.74) is 0. The van der Waals surface area contributed by atoms with Gasteiger partial charge in [0.2, 0.25) is 0 Å². The molecule has 0 aliphatic carbocycles. The number of ether oxygens (including phenoxy) is 2. The lowest BCUT2D eigenvalue weighted by atomic mass is 10.1. The van der Waals surface area contributed by atoms with Crippen LogP contribution in [-0.4, -0.2) is 26.3 Å². The Morgan fingerprint density at radius 2 is 1.62 bits per heavy atom. The van der Waals surface area contributed by atoms with Crippen LogP contribution in [0.25, 0.3) is 0 Å². The van der Waals surface area contributed by atoms with E-state index < -0.39 is 0 Å². The standard InChI is InChI=1S/C12H17NO2.ClH/c1-14-10-2-4-11(5-3-10)15-12-6-8-13-9-7-12;/h2-5,12-13H,6-9H2,1H3;1H. The predicted molar refractivity (Wildman–Crippen MR) is 66.8 cm³/mol. The van der Waals surface area contributed by atoms with Crippen molar-refractivity contribution in [2.24, 2.45) is 0 Å². The molecule has 1 aliphatic rings. The second-order valence-corrected chi connectivity index (χ2v) is 3.74. The van der Waals surface area contributed by atoms with Crippen LogP contribution in [0.4, 0.5) is 0 Å². The second kappa shape index (κ2) is 6.61. The largest absolute Gasteiger partial charge is 0.497 e. The van der Waals surface area contributed by atoms with E-state index in [9.17, 15) is 0 Å². The zero-order valence-corrected chi connectivity index (χ0v) is 10.3. The summed E-state index contributed by atoms with van der Waals surface area (Å²) in [6.45, 7) is 2.11. The smallest absolute Gasteiger partial charge is 0.119 e. The number of rotatable bonds is 3. The molecule has 4 heteroatoms. The van der Waals surface area contributed by atoms with Crippen molar-refractivity contribution < 1.29 is 9.47 Å². The molecular weight excluding hydrogens is 226 g/mol. The fourth-order valence-electron chi connectivity index (χ4n) is 1.76. The van der Waals surface area contributed by atoms with Gasteiger partial charge in [-0.05, 0) is 50.2 Å². The number of benzene rings is 1. The highest BCUT2D eigenvalue weighted by molar-refractivity contribution is 5.85. The molecule has 0 spiro atoms. The summed E-state index contributed by atoms with van der Waals surface area (Å²) >= 11 is 0. The van der Waals surface area contributed by atoms with E-state index in [1.54, 1.807) is 7.11 Å². The van der Waals surface area contributed by atoms with Crippen LogP contribution in [0.1, 0.15) is 12.8 Å². The maximum absolute atomic E-state index is 5.86. The number of methoxy groups -OCH3 is 1. The van der Waals surface area contributed by atoms with Crippen molar-refractivity contribution in [2.45, 2.75) is 18.9 Å². The van der Waals surface area contributed by atoms with E-state index in [1.165, 1.54) is 0 Å². The Hall–Kier alpha value is -0.930. The normalized spacial score (nSPS) is 16.3. The molecule has 16 heavy (non-hydrogen) atoms. The summed E-state index contributed by atoms with van der Waals surface area (Å²) < 4.78 is 11.0. The Labute approximate surface area is 103 Å². The molecule has 0 amide bonds. The van der Waals surface area contributed by atoms with Gasteiger partial charge in [-0.25, -0.2) is 0 Å². The van der Waals surface area contributed by atoms with Gasteiger partial charge in [0.25, 0.3) is 0 Å². The van der Waals surface area contributed by atoms with Crippen molar-refractivity contribution in [3.05, 3.63) is 24.3 Å². The van der Waals surface area contributed by atoms with E-state index in [4.69, 9.17) is 9.47 Å². The fraction of sp³-hybridized carbons (Fsp3) is 0.500. The third-order valence-electron chi connectivity index (χ3n) is 2.65. The minimum absolute atomic E-state index is 0. The van der Waals surface area contributed by atoms with Crippen LogP contribution >= 0.6 is 12.4 Å². The third kappa shape index (κ3) is 3.58. The monoisotopic (exact) mass is 243 g/mol. The zero-order valence-electron chi connectivity index (χ0n) is 9.44. The first-order valence-electron chi connectivity index (χ1n) is 5.40. The Balaban J connectivity index is 0.00000128. The first-order chi connectivity index (χ1) is 7.38. The van der Waals surface area contributed by atoms with Crippen LogP contribution in [0.3, 0.4) is 0 Å². The van der Waals surface area contributed by atoms with Crippen molar-refractivity contribution in [3.63, 3.8) is 0 Å². The maximum Gasteiger partial charge on any atom is 0.119 e. The van der Waals surface area contributed by atoms with Gasteiger partial charge in [0.1, 0.15) is 17.6 Å². The van der Waals surface area contributed by atoms with Crippen LogP contribution in [0.15, 0.2) is 24.3 Å². The van der Waals surface area contributed by atoms with Gasteiger partial charge in [-0.2, -0.15) is 0 Å². The SMILES string of the molecule is COc1ccc(OC2CCNCC2)cc1.Cl. The van der Waals surface area contributed by atoms with E-state index in [1.807, 2.05) is 24.3 Å². The Morgan fingerprint density at radius 1 is 1.06 bits per heavy atom. The summed E-state index contributed by atoms with van der Waals surface area (Å²) in [5.74, 6) is 1.80. The van der Waals surface area contributed by atoms with Crippen molar-refractivity contribution in [2.75, 3.05) is 20.2 Å². The topological polar surface area (TPSA) is 30.5 Å². The van der Waals surface area contributed by atoms with Gasteiger partial charge in [-0.3, -0.25) is 0 Å². The van der Waals surface area contributed by atoms with Gasteiger partial charge >= 0.3 is 0 Å². The molecule has 0 radical (unpaired) electrons. The van der Waals surface area contributed by atoms with Gasteiger partial charge in [-0.1, -0.05) is 0 Å². The quantitative estimate of drug-likeness (QED) is 0.883. The molecular formula is C12H18ClNO2. The molecule has 0 unspecified atom stereocenters. The molecule has 3 nitrogen and oxygen atoms in total. The Kier molecular flexibility index (Phi) is 5.43. The molecule has 2 rings (SSSR count). The fourth-order valence-corrected chi connectivity index (χ4v) is 1.76. The average molecular weight is 244 g/mol. The van der Waals surface area contributed by atoms with Gasteiger partial charge in [0.15, 0.2) is 0 Å². The zero-order chi connectivity index (χ0) is 10.5. The lowest BCUT2D eigenvalue weighted by molar-refractivity contribution is 0.162. The van der Waals surface area contributed by atoms with Crippen molar-refractivity contribution in [3.8, 4) is 11.5 Å². The minimum atomic E-state index is 0. The van der Waals surface area contributed by atoms with Crippen molar-refractivity contribution in [1.82, 2.24) is 5.32 Å². The highest BCUT2D eigenvalue weighted by Crippen LogP contribution is 2.20. The van der Waals surface area contributed by atoms with Crippen molar-refractivity contribution in [1.29, 1.82) is 0 Å². The Morgan fingerprint density at radius 3 is 2.19 bits per heavy atom. The van der Waals surface area contributed by atoms with Gasteiger partial charge < -0.3 is 14.8 Å². The molecule has 1 aromatic rings. The lowest BCUT2D eigenvalue weighted by Crippen LogP contribution is -2.34. The van der Waals surface area contributed by atoms with Crippen LogP contribution in [-0.2, 0) is 0 Å². The van der Waals surface area contributed by atoms with Crippen LogP contribution < -0.4 is 14.8 Å². The second-order valence-electron chi connectivity index (χ2n) is 3.74. The molecule has 0 saturated carbocycles. The molecule has 1 fully saturated rings. The summed E-state index contributed by atoms with van der Waals surface area (Å²) in [4.78, 5) is 0. The van der Waals surface area contributed by atoms with E-state index >= 15 is 0 Å². The van der Waals surface area contributed by atoms with Crippen LogP contribution in [0, 0.1) is 0 Å². The molecule has 0 bridgehead atoms. The summed E-state index contributed by atoms with van der Waals surface area (Å²) in [6.07, 6.45) is 2.54. The van der Waals surface area contributed by atoms with E-state index in [0.29, 0.717) is 6.10 Å². The first kappa shape index (κ1) is 13.1. The van der Waals surface area contributed by atoms with Crippen LogP contribution in [0.5, 0.6) is 11.5 Å². The molecule has 90 valence electrons. The van der Waals surface area contributed by atoms with Crippen molar-refractivity contribution >= 4 is 12.4 Å². The molecule has 1 saturated heterocycles. The first-order valence-corrected chi connectivity index (χ1v) is 5.40. The molecule has 1 heterocycles. The number of piperidine rings is 1. The van der Waals surface area contributed by atoms with E-state index in [2.05, 4.69) is 5.32 Å². The molecule has 0 atom stereocenters. The Bertz CT molecular complexity index is 296. The minimum Gasteiger partial charge on any atom is -0.497 e.